The van der Waals surface area contributed by atoms with E-state index in [9.17, 15) is 14.4 Å². The van der Waals surface area contributed by atoms with Crippen LogP contribution in [0.2, 0.25) is 0 Å². The smallest absolute Gasteiger partial charge is 0.341 e. The number of hydrogen-bond donors (Lipinski definition) is 4. The Labute approximate surface area is 148 Å². The van der Waals surface area contributed by atoms with Gasteiger partial charge in [0.15, 0.2) is 12.4 Å². The van der Waals surface area contributed by atoms with Gasteiger partial charge in [0.2, 0.25) is 0 Å². The molecule has 0 unspecified atom stereocenters. The molecular weight excluding hydrogens is 340 g/mol. The number of amides is 1. The molecule has 2 aromatic rings. The maximum absolute atomic E-state index is 12.1. The molecule has 0 aliphatic heterocycles. The Morgan fingerprint density at radius 3 is 2.31 bits per heavy atom. The van der Waals surface area contributed by atoms with Crippen LogP contribution in [-0.2, 0) is 4.79 Å². The van der Waals surface area contributed by atoms with Gasteiger partial charge in [0.05, 0.1) is 12.1 Å². The number of carboxylic acids is 1. The fraction of sp³-hybridized carbons (Fsp3) is 0.118. The minimum absolute atomic E-state index is 0.206. The van der Waals surface area contributed by atoms with Crippen molar-refractivity contribution in [3.05, 3.63) is 59.4 Å². The highest BCUT2D eigenvalue weighted by Gasteiger charge is 2.11. The lowest BCUT2D eigenvalue weighted by molar-refractivity contribution is -0.139. The van der Waals surface area contributed by atoms with E-state index < -0.39 is 18.5 Å². The van der Waals surface area contributed by atoms with Gasteiger partial charge in [0.1, 0.15) is 17.3 Å². The number of amidine groups is 1. The first-order chi connectivity index (χ1) is 12.4. The van der Waals surface area contributed by atoms with Gasteiger partial charge in [0.25, 0.3) is 5.91 Å². The van der Waals surface area contributed by atoms with E-state index in [1.807, 2.05) is 0 Å². The number of pyridine rings is 1. The van der Waals surface area contributed by atoms with Crippen LogP contribution in [0, 0.1) is 5.41 Å². The molecule has 134 valence electrons. The van der Waals surface area contributed by atoms with Gasteiger partial charge in [-0.25, -0.2) is 4.79 Å². The van der Waals surface area contributed by atoms with Crippen molar-refractivity contribution in [2.45, 2.75) is 0 Å². The Kier molecular flexibility index (Phi) is 5.99. The van der Waals surface area contributed by atoms with Gasteiger partial charge in [-0.3, -0.25) is 20.0 Å². The maximum atomic E-state index is 12.1. The molecule has 0 bridgehead atoms. The van der Waals surface area contributed by atoms with Crippen molar-refractivity contribution < 1.29 is 24.2 Å². The highest BCUT2D eigenvalue weighted by atomic mass is 16.5. The van der Waals surface area contributed by atoms with Crippen LogP contribution in [0.25, 0.3) is 0 Å². The highest BCUT2D eigenvalue weighted by molar-refractivity contribution is 6.02. The van der Waals surface area contributed by atoms with Crippen molar-refractivity contribution in [2.75, 3.05) is 13.2 Å². The monoisotopic (exact) mass is 356 g/mol. The van der Waals surface area contributed by atoms with E-state index in [0.29, 0.717) is 11.3 Å². The molecule has 2 rings (SSSR count). The second-order valence-electron chi connectivity index (χ2n) is 5.16. The lowest BCUT2D eigenvalue weighted by Gasteiger charge is -2.07. The first-order valence-corrected chi connectivity index (χ1v) is 7.43. The molecule has 0 atom stereocenters. The largest absolute Gasteiger partial charge is 0.482 e. The standard InChI is InChI=1S/C17H16N4O5/c18-16(19)13-6-3-11(7-20-13)17(25)21-8-14(22)10-1-4-12(5-2-10)26-9-15(23)24/h1-7H,8-9H2,(H3,18,19)(H,21,25)(H,23,24). The lowest BCUT2D eigenvalue weighted by Crippen LogP contribution is -2.29. The topological polar surface area (TPSA) is 155 Å². The minimum atomic E-state index is -1.10. The summed E-state index contributed by atoms with van der Waals surface area (Å²) in [7, 11) is 0. The van der Waals surface area contributed by atoms with Gasteiger partial charge >= 0.3 is 5.97 Å². The lowest BCUT2D eigenvalue weighted by atomic mass is 10.1. The van der Waals surface area contributed by atoms with Crippen LogP contribution in [0.3, 0.4) is 0 Å². The van der Waals surface area contributed by atoms with E-state index in [4.69, 9.17) is 21.0 Å². The molecule has 0 saturated carbocycles. The number of benzene rings is 1. The Balaban J connectivity index is 1.90. The summed E-state index contributed by atoms with van der Waals surface area (Å²) in [5, 5.41) is 18.3. The number of hydrogen-bond acceptors (Lipinski definition) is 6. The number of carbonyl (C=O) groups excluding carboxylic acids is 2. The summed E-state index contributed by atoms with van der Waals surface area (Å²) in [6, 6.07) is 8.81. The number of nitrogens with one attached hydrogen (secondary N) is 2. The van der Waals surface area contributed by atoms with Gasteiger partial charge in [-0.05, 0) is 36.4 Å². The van der Waals surface area contributed by atoms with E-state index in [2.05, 4.69) is 10.3 Å². The number of nitrogen functional groups attached to an aromatic ring is 1. The molecule has 0 fully saturated rings. The number of nitrogens with two attached hydrogens (primary N) is 1. The minimum Gasteiger partial charge on any atom is -0.482 e. The van der Waals surface area contributed by atoms with Crippen molar-refractivity contribution in [3.8, 4) is 5.75 Å². The molecule has 1 aromatic carbocycles. The quantitative estimate of drug-likeness (QED) is 0.304. The van der Waals surface area contributed by atoms with Crippen LogP contribution in [0.1, 0.15) is 26.4 Å². The van der Waals surface area contributed by atoms with Crippen LogP contribution in [0.15, 0.2) is 42.6 Å². The second-order valence-corrected chi connectivity index (χ2v) is 5.16. The van der Waals surface area contributed by atoms with Gasteiger partial charge in [-0.2, -0.15) is 0 Å². The number of Topliss-reactive ketones (excluding diaryl/α,β-unsaturated/α-hetero) is 1. The number of aliphatic carboxylic acids is 1. The van der Waals surface area contributed by atoms with Crippen molar-refractivity contribution in [2.24, 2.45) is 5.73 Å². The van der Waals surface area contributed by atoms with E-state index in [1.54, 1.807) is 0 Å². The molecule has 0 spiro atoms. The average molecular weight is 356 g/mol. The predicted octanol–water partition coefficient (Wildman–Crippen LogP) is 0.442. The van der Waals surface area contributed by atoms with Crippen LogP contribution in [0.4, 0.5) is 0 Å². The Hall–Kier alpha value is -3.75. The van der Waals surface area contributed by atoms with Gasteiger partial charge in [0, 0.05) is 11.8 Å². The molecule has 0 aliphatic carbocycles. The highest BCUT2D eigenvalue weighted by Crippen LogP contribution is 2.12. The summed E-state index contributed by atoms with van der Waals surface area (Å²) in [5.41, 5.74) is 6.12. The molecule has 1 amide bonds. The first-order valence-electron chi connectivity index (χ1n) is 7.43. The normalized spacial score (nSPS) is 10.0. The third-order valence-corrected chi connectivity index (χ3v) is 3.25. The first kappa shape index (κ1) is 18.6. The van der Waals surface area contributed by atoms with Crippen molar-refractivity contribution >= 4 is 23.5 Å². The fourth-order valence-electron chi connectivity index (χ4n) is 1.93. The van der Waals surface area contributed by atoms with Crippen LogP contribution < -0.4 is 15.8 Å². The molecule has 1 heterocycles. The zero-order chi connectivity index (χ0) is 19.1. The third-order valence-electron chi connectivity index (χ3n) is 3.25. The second kappa shape index (κ2) is 8.38. The van der Waals surface area contributed by atoms with Crippen LogP contribution in [-0.4, -0.2) is 46.7 Å². The summed E-state index contributed by atoms with van der Waals surface area (Å²) < 4.78 is 4.97. The molecule has 0 saturated heterocycles. The molecule has 9 heteroatoms. The van der Waals surface area contributed by atoms with E-state index in [1.165, 1.54) is 42.6 Å². The van der Waals surface area contributed by atoms with E-state index >= 15 is 0 Å². The fourth-order valence-corrected chi connectivity index (χ4v) is 1.93. The number of ether oxygens (including phenoxy) is 1. The molecule has 0 radical (unpaired) electrons. The molecule has 9 nitrogen and oxygen atoms in total. The van der Waals surface area contributed by atoms with Crippen molar-refractivity contribution in [1.82, 2.24) is 10.3 Å². The molecule has 5 N–H and O–H groups in total. The summed E-state index contributed by atoms with van der Waals surface area (Å²) in [6.45, 7) is -0.692. The zero-order valence-corrected chi connectivity index (χ0v) is 13.6. The summed E-state index contributed by atoms with van der Waals surface area (Å²) in [6.07, 6.45) is 1.27. The van der Waals surface area contributed by atoms with E-state index in [0.717, 1.165) is 0 Å². The average Bonchev–Trinajstić information content (AvgIpc) is 2.64. The molecular formula is C17H16N4O5. The SMILES string of the molecule is N=C(N)c1ccc(C(=O)NCC(=O)c2ccc(OCC(=O)O)cc2)cn1. The Morgan fingerprint density at radius 2 is 1.77 bits per heavy atom. The van der Waals surface area contributed by atoms with Crippen molar-refractivity contribution in [3.63, 3.8) is 0 Å². The van der Waals surface area contributed by atoms with Crippen LogP contribution in [0.5, 0.6) is 5.75 Å². The van der Waals surface area contributed by atoms with E-state index in [-0.39, 0.29) is 29.4 Å². The third kappa shape index (κ3) is 5.13. The summed E-state index contributed by atoms with van der Waals surface area (Å²) >= 11 is 0. The molecule has 26 heavy (non-hydrogen) atoms. The Morgan fingerprint density at radius 1 is 1.12 bits per heavy atom. The predicted molar refractivity (Wildman–Crippen MR) is 91.5 cm³/mol. The maximum Gasteiger partial charge on any atom is 0.341 e. The number of ketones is 1. The van der Waals surface area contributed by atoms with Gasteiger partial charge < -0.3 is 20.9 Å². The molecule has 1 aromatic heterocycles. The Bertz CT molecular complexity index is 831. The van der Waals surface area contributed by atoms with Crippen LogP contribution >= 0.6 is 0 Å². The number of carboxylic acid groups (broad SMARTS) is 1. The molecule has 0 aliphatic rings. The zero-order valence-electron chi connectivity index (χ0n) is 13.6. The number of aromatic nitrogens is 1. The number of carbonyl (C=O) groups is 3. The number of nitrogens with zero attached hydrogens (tertiary/aromatic N) is 1. The van der Waals surface area contributed by atoms with Crippen molar-refractivity contribution in [1.29, 1.82) is 5.41 Å². The summed E-state index contributed by atoms with van der Waals surface area (Å²) in [5.74, 6) is -1.79. The van der Waals surface area contributed by atoms with Gasteiger partial charge in [-0.15, -0.1) is 0 Å². The van der Waals surface area contributed by atoms with Gasteiger partial charge in [-0.1, -0.05) is 0 Å². The number of rotatable bonds is 8. The summed E-state index contributed by atoms with van der Waals surface area (Å²) in [4.78, 5) is 38.4.